The Balaban J connectivity index is 1.97. The first-order chi connectivity index (χ1) is 8.15. The lowest BCUT2D eigenvalue weighted by molar-refractivity contribution is -0.140. The summed E-state index contributed by atoms with van der Waals surface area (Å²) in [5.41, 5.74) is 6.41. The first-order valence-electron chi connectivity index (χ1n) is 5.52. The Kier molecular flexibility index (Phi) is 3.91. The molecular weight excluding hydrogens is 286 g/mol. The highest BCUT2D eigenvalue weighted by molar-refractivity contribution is 9.10. The molecule has 3 N–H and O–H groups in total. The summed E-state index contributed by atoms with van der Waals surface area (Å²) in [6, 6.07) is 5.54. The van der Waals surface area contributed by atoms with Gasteiger partial charge in [0.2, 0.25) is 0 Å². The van der Waals surface area contributed by atoms with Crippen molar-refractivity contribution in [1.29, 1.82) is 0 Å². The molecule has 0 bridgehead atoms. The quantitative estimate of drug-likeness (QED) is 0.814. The Morgan fingerprint density at radius 1 is 1.47 bits per heavy atom. The van der Waals surface area contributed by atoms with E-state index in [1.54, 1.807) is 0 Å². The molecule has 0 unspecified atom stereocenters. The van der Waals surface area contributed by atoms with Crippen LogP contribution < -0.4 is 10.5 Å². The molecule has 5 heteroatoms. The van der Waals surface area contributed by atoms with Gasteiger partial charge in [0, 0.05) is 11.1 Å². The summed E-state index contributed by atoms with van der Waals surface area (Å²) < 4.78 is 11.8. The van der Waals surface area contributed by atoms with E-state index in [9.17, 15) is 0 Å². The van der Waals surface area contributed by atoms with Gasteiger partial charge in [-0.05, 0) is 24.6 Å². The van der Waals surface area contributed by atoms with E-state index in [-0.39, 0.29) is 12.0 Å². The van der Waals surface area contributed by atoms with E-state index in [0.717, 1.165) is 4.47 Å². The lowest BCUT2D eigenvalue weighted by Crippen LogP contribution is -2.47. The smallest absolute Gasteiger partial charge is 0.142 e. The van der Waals surface area contributed by atoms with Gasteiger partial charge >= 0.3 is 0 Å². The van der Waals surface area contributed by atoms with Crippen molar-refractivity contribution < 1.29 is 14.6 Å². The number of aliphatic hydroxyl groups is 1. The zero-order valence-corrected chi connectivity index (χ0v) is 11.1. The molecule has 2 rings (SSSR count). The van der Waals surface area contributed by atoms with E-state index in [4.69, 9.17) is 20.3 Å². The van der Waals surface area contributed by atoms with Crippen molar-refractivity contribution in [1.82, 2.24) is 0 Å². The summed E-state index contributed by atoms with van der Waals surface area (Å²) in [5.74, 6) is 0.678. The highest BCUT2D eigenvalue weighted by atomic mass is 79.9. The Bertz CT molecular complexity index is 393. The Labute approximate surface area is 109 Å². The van der Waals surface area contributed by atoms with Crippen LogP contribution >= 0.6 is 15.9 Å². The number of aliphatic hydroxyl groups excluding tert-OH is 1. The molecule has 1 aromatic carbocycles. The first kappa shape index (κ1) is 12.7. The fourth-order valence-electron chi connectivity index (χ4n) is 1.81. The summed E-state index contributed by atoms with van der Waals surface area (Å²) in [7, 11) is 0. The van der Waals surface area contributed by atoms with Gasteiger partial charge in [0.1, 0.15) is 5.75 Å². The van der Waals surface area contributed by atoms with Crippen LogP contribution in [0, 0.1) is 5.41 Å². The maximum atomic E-state index is 9.01. The van der Waals surface area contributed by atoms with Crippen molar-refractivity contribution in [2.24, 2.45) is 5.41 Å². The molecule has 0 aromatic heterocycles. The van der Waals surface area contributed by atoms with Gasteiger partial charge in [0.25, 0.3) is 0 Å². The van der Waals surface area contributed by atoms with Crippen LogP contribution in [0.4, 0.5) is 5.69 Å². The van der Waals surface area contributed by atoms with Crippen LogP contribution in [0.3, 0.4) is 0 Å². The monoisotopic (exact) mass is 301 g/mol. The largest absolute Gasteiger partial charge is 0.491 e. The Morgan fingerprint density at radius 2 is 2.24 bits per heavy atom. The van der Waals surface area contributed by atoms with E-state index < -0.39 is 0 Å². The molecule has 0 atom stereocenters. The molecule has 1 aliphatic rings. The number of nitrogens with two attached hydrogens (primary N) is 1. The van der Waals surface area contributed by atoms with Crippen molar-refractivity contribution in [2.45, 2.75) is 6.42 Å². The lowest BCUT2D eigenvalue weighted by atomic mass is 9.84. The molecule has 1 fully saturated rings. The summed E-state index contributed by atoms with van der Waals surface area (Å²) in [4.78, 5) is 0. The zero-order valence-electron chi connectivity index (χ0n) is 9.49. The fourth-order valence-corrected chi connectivity index (χ4v) is 2.19. The van der Waals surface area contributed by atoms with Gasteiger partial charge in [0.15, 0.2) is 0 Å². The molecular formula is C12H16BrNO3. The number of hydrogen-bond acceptors (Lipinski definition) is 4. The average Bonchev–Trinajstić information content (AvgIpc) is 2.24. The molecule has 0 spiro atoms. The van der Waals surface area contributed by atoms with Crippen LogP contribution in [0.25, 0.3) is 0 Å². The molecule has 17 heavy (non-hydrogen) atoms. The van der Waals surface area contributed by atoms with Crippen molar-refractivity contribution in [3.63, 3.8) is 0 Å². The number of anilines is 1. The third-order valence-corrected chi connectivity index (χ3v) is 3.46. The molecule has 1 aliphatic heterocycles. The lowest BCUT2D eigenvalue weighted by Gasteiger charge is -2.40. The van der Waals surface area contributed by atoms with Gasteiger partial charge in [-0.3, -0.25) is 0 Å². The average molecular weight is 302 g/mol. The van der Waals surface area contributed by atoms with E-state index in [0.29, 0.717) is 37.7 Å². The van der Waals surface area contributed by atoms with E-state index in [2.05, 4.69) is 15.9 Å². The zero-order chi connectivity index (χ0) is 12.3. The van der Waals surface area contributed by atoms with Gasteiger partial charge in [-0.25, -0.2) is 0 Å². The summed E-state index contributed by atoms with van der Waals surface area (Å²) in [6.07, 6.45) is 0.698. The molecule has 94 valence electrons. The molecule has 0 amide bonds. The van der Waals surface area contributed by atoms with Crippen molar-refractivity contribution in [2.75, 3.05) is 32.2 Å². The molecule has 1 aromatic rings. The summed E-state index contributed by atoms with van der Waals surface area (Å²) >= 11 is 3.35. The Hall–Kier alpha value is -0.780. The summed E-state index contributed by atoms with van der Waals surface area (Å²) in [6.45, 7) is 1.97. The van der Waals surface area contributed by atoms with E-state index in [1.165, 1.54) is 0 Å². The molecule has 1 saturated heterocycles. The van der Waals surface area contributed by atoms with Gasteiger partial charge in [-0.15, -0.1) is 0 Å². The number of benzene rings is 1. The van der Waals surface area contributed by atoms with Gasteiger partial charge in [0.05, 0.1) is 30.9 Å². The predicted octanol–water partition coefficient (Wildman–Crippen LogP) is 1.81. The van der Waals surface area contributed by atoms with Crippen LogP contribution in [-0.4, -0.2) is 31.5 Å². The topological polar surface area (TPSA) is 64.7 Å². The molecule has 0 aliphatic carbocycles. The normalized spacial score (nSPS) is 17.5. The number of rotatable bonds is 5. The third kappa shape index (κ3) is 2.91. The number of hydrogen-bond donors (Lipinski definition) is 2. The highest BCUT2D eigenvalue weighted by Crippen LogP contribution is 2.33. The minimum atomic E-state index is -0.0474. The van der Waals surface area contributed by atoms with E-state index in [1.807, 2.05) is 18.2 Å². The Morgan fingerprint density at radius 3 is 2.76 bits per heavy atom. The van der Waals surface area contributed by atoms with Crippen LogP contribution in [0.5, 0.6) is 5.75 Å². The van der Waals surface area contributed by atoms with Crippen LogP contribution in [-0.2, 0) is 4.74 Å². The highest BCUT2D eigenvalue weighted by Gasteiger charge is 2.39. The van der Waals surface area contributed by atoms with Gasteiger partial charge < -0.3 is 20.3 Å². The third-order valence-electron chi connectivity index (χ3n) is 2.96. The van der Waals surface area contributed by atoms with Gasteiger partial charge in [-0.2, -0.15) is 0 Å². The minimum Gasteiger partial charge on any atom is -0.491 e. The maximum absolute atomic E-state index is 9.01. The second-order valence-corrected chi connectivity index (χ2v) is 5.35. The molecule has 4 nitrogen and oxygen atoms in total. The molecule has 0 radical (unpaired) electrons. The molecule has 0 saturated carbocycles. The maximum Gasteiger partial charge on any atom is 0.142 e. The van der Waals surface area contributed by atoms with Crippen molar-refractivity contribution in [3.8, 4) is 5.75 Å². The summed E-state index contributed by atoms with van der Waals surface area (Å²) in [5, 5.41) is 9.01. The second kappa shape index (κ2) is 5.25. The minimum absolute atomic E-state index is 0.0474. The first-order valence-corrected chi connectivity index (χ1v) is 6.31. The SMILES string of the molecule is Nc1cc(Br)ccc1OCC1(CCO)COC1. The fraction of sp³-hybridized carbons (Fsp3) is 0.500. The number of nitrogen functional groups attached to an aromatic ring is 1. The van der Waals surface area contributed by atoms with Crippen LogP contribution in [0.1, 0.15) is 6.42 Å². The molecule has 1 heterocycles. The standard InChI is InChI=1S/C12H16BrNO3/c13-9-1-2-11(10(14)5-9)17-8-12(3-4-15)6-16-7-12/h1-2,5,15H,3-4,6-8,14H2. The van der Waals surface area contributed by atoms with Crippen molar-refractivity contribution >= 4 is 21.6 Å². The predicted molar refractivity (Wildman–Crippen MR) is 69.0 cm³/mol. The van der Waals surface area contributed by atoms with Gasteiger partial charge in [-0.1, -0.05) is 15.9 Å². The van der Waals surface area contributed by atoms with Crippen LogP contribution in [0.15, 0.2) is 22.7 Å². The second-order valence-electron chi connectivity index (χ2n) is 4.44. The number of ether oxygens (including phenoxy) is 2. The number of halogens is 1. The van der Waals surface area contributed by atoms with Crippen molar-refractivity contribution in [3.05, 3.63) is 22.7 Å². The van der Waals surface area contributed by atoms with E-state index >= 15 is 0 Å². The van der Waals surface area contributed by atoms with Crippen LogP contribution in [0.2, 0.25) is 0 Å².